The van der Waals surface area contributed by atoms with Gasteiger partial charge in [-0.15, -0.1) is 0 Å². The molecule has 0 radical (unpaired) electrons. The minimum Gasteiger partial charge on any atom is -0.496 e. The molecule has 1 aliphatic carbocycles. The van der Waals surface area contributed by atoms with Crippen molar-refractivity contribution in [1.82, 2.24) is 10.2 Å². The second-order valence-corrected chi connectivity index (χ2v) is 5.45. The molecule has 104 valence electrons. The van der Waals surface area contributed by atoms with E-state index in [1.54, 1.807) is 13.2 Å². The van der Waals surface area contributed by atoms with Crippen LogP contribution in [-0.4, -0.2) is 38.2 Å². The van der Waals surface area contributed by atoms with Gasteiger partial charge in [-0.05, 0) is 24.8 Å². The van der Waals surface area contributed by atoms with Crippen LogP contribution in [0.15, 0.2) is 18.2 Å². The van der Waals surface area contributed by atoms with Gasteiger partial charge < -0.3 is 10.1 Å². The second kappa shape index (κ2) is 5.47. The first-order valence-electron chi connectivity index (χ1n) is 7.08. The van der Waals surface area contributed by atoms with Crippen molar-refractivity contribution in [3.8, 4) is 5.75 Å². The number of methoxy groups -OCH3 is 1. The lowest BCUT2D eigenvalue weighted by atomic mass is 9.98. The fourth-order valence-corrected chi connectivity index (χ4v) is 3.05. The Balaban J connectivity index is 1.90. The van der Waals surface area contributed by atoms with Gasteiger partial charge in [0.1, 0.15) is 11.6 Å². The molecule has 0 bridgehead atoms. The van der Waals surface area contributed by atoms with Crippen LogP contribution in [0, 0.1) is 11.7 Å². The summed E-state index contributed by atoms with van der Waals surface area (Å²) in [4.78, 5) is 2.52. The zero-order valence-electron chi connectivity index (χ0n) is 11.4. The summed E-state index contributed by atoms with van der Waals surface area (Å²) in [6, 6.07) is 5.35. The van der Waals surface area contributed by atoms with Gasteiger partial charge in [0.25, 0.3) is 0 Å². The topological polar surface area (TPSA) is 24.5 Å². The lowest BCUT2D eigenvalue weighted by Crippen LogP contribution is -2.45. The first-order valence-corrected chi connectivity index (χ1v) is 7.08. The predicted octanol–water partition coefficient (Wildman–Crippen LogP) is 2.19. The zero-order chi connectivity index (χ0) is 13.2. The van der Waals surface area contributed by atoms with Crippen LogP contribution in [0.3, 0.4) is 0 Å². The molecule has 1 atom stereocenters. The first kappa shape index (κ1) is 12.9. The van der Waals surface area contributed by atoms with Crippen molar-refractivity contribution >= 4 is 0 Å². The number of hydrogen-bond donors (Lipinski definition) is 1. The van der Waals surface area contributed by atoms with E-state index >= 15 is 0 Å². The van der Waals surface area contributed by atoms with Crippen molar-refractivity contribution in [2.24, 2.45) is 5.92 Å². The highest BCUT2D eigenvalue weighted by atomic mass is 19.1. The molecule has 1 aromatic carbocycles. The molecule has 1 saturated carbocycles. The molecule has 0 spiro atoms. The molecular weight excluding hydrogens is 243 g/mol. The number of piperazine rings is 1. The fourth-order valence-electron chi connectivity index (χ4n) is 3.05. The summed E-state index contributed by atoms with van der Waals surface area (Å²) in [6.07, 6.45) is 2.55. The highest BCUT2D eigenvalue weighted by molar-refractivity contribution is 5.37. The van der Waals surface area contributed by atoms with Crippen molar-refractivity contribution in [2.75, 3.05) is 33.3 Å². The number of halogens is 1. The highest BCUT2D eigenvalue weighted by Crippen LogP contribution is 2.47. The van der Waals surface area contributed by atoms with Crippen LogP contribution >= 0.6 is 0 Å². The van der Waals surface area contributed by atoms with Gasteiger partial charge >= 0.3 is 0 Å². The molecule has 0 amide bonds. The van der Waals surface area contributed by atoms with E-state index in [-0.39, 0.29) is 5.82 Å². The van der Waals surface area contributed by atoms with Gasteiger partial charge in [-0.2, -0.15) is 0 Å². The largest absolute Gasteiger partial charge is 0.496 e. The Morgan fingerprint density at radius 1 is 1.32 bits per heavy atom. The Kier molecular flexibility index (Phi) is 3.71. The molecule has 1 saturated heterocycles. The molecule has 0 aromatic heterocycles. The van der Waals surface area contributed by atoms with Crippen molar-refractivity contribution in [2.45, 2.75) is 18.9 Å². The van der Waals surface area contributed by atoms with E-state index in [4.69, 9.17) is 4.74 Å². The summed E-state index contributed by atoms with van der Waals surface area (Å²) in [7, 11) is 1.62. The quantitative estimate of drug-likeness (QED) is 0.902. The normalized spacial score (nSPS) is 22.2. The van der Waals surface area contributed by atoms with Crippen molar-refractivity contribution in [1.29, 1.82) is 0 Å². The van der Waals surface area contributed by atoms with E-state index in [0.717, 1.165) is 31.7 Å². The number of hydrogen-bond acceptors (Lipinski definition) is 3. The van der Waals surface area contributed by atoms with Crippen molar-refractivity contribution in [3.05, 3.63) is 29.6 Å². The van der Waals surface area contributed by atoms with Crippen LogP contribution in [0.25, 0.3) is 0 Å². The van der Waals surface area contributed by atoms with Crippen LogP contribution in [0.2, 0.25) is 0 Å². The van der Waals surface area contributed by atoms with Crippen LogP contribution in [-0.2, 0) is 0 Å². The van der Waals surface area contributed by atoms with Crippen LogP contribution in [0.5, 0.6) is 5.75 Å². The third-order valence-electron chi connectivity index (χ3n) is 4.13. The minimum absolute atomic E-state index is 0.226. The van der Waals surface area contributed by atoms with E-state index in [9.17, 15) is 4.39 Å². The van der Waals surface area contributed by atoms with Crippen LogP contribution < -0.4 is 10.1 Å². The maximum absolute atomic E-state index is 13.4. The molecule has 2 fully saturated rings. The number of nitrogens with zero attached hydrogens (tertiary/aromatic N) is 1. The van der Waals surface area contributed by atoms with E-state index in [1.165, 1.54) is 18.9 Å². The van der Waals surface area contributed by atoms with E-state index in [0.29, 0.717) is 17.7 Å². The lowest BCUT2D eigenvalue weighted by Gasteiger charge is -2.36. The molecule has 4 heteroatoms. The molecule has 1 heterocycles. The van der Waals surface area contributed by atoms with Gasteiger partial charge in [0.2, 0.25) is 0 Å². The SMILES string of the molecule is COc1cc(F)ccc1[C@H](C1CC1)N1CCNCC1. The van der Waals surface area contributed by atoms with Gasteiger partial charge in [-0.3, -0.25) is 4.90 Å². The maximum Gasteiger partial charge on any atom is 0.126 e. The monoisotopic (exact) mass is 264 g/mol. The Morgan fingerprint density at radius 3 is 2.68 bits per heavy atom. The van der Waals surface area contributed by atoms with E-state index in [2.05, 4.69) is 10.2 Å². The van der Waals surface area contributed by atoms with Crippen LogP contribution in [0.4, 0.5) is 4.39 Å². The number of rotatable bonds is 4. The summed E-state index contributed by atoms with van der Waals surface area (Å²) in [5.74, 6) is 1.17. The summed E-state index contributed by atoms with van der Waals surface area (Å²) < 4.78 is 18.7. The predicted molar refractivity (Wildman–Crippen MR) is 72.9 cm³/mol. The average molecular weight is 264 g/mol. The zero-order valence-corrected chi connectivity index (χ0v) is 11.4. The smallest absolute Gasteiger partial charge is 0.126 e. The summed E-state index contributed by atoms with van der Waals surface area (Å²) in [5.41, 5.74) is 1.15. The van der Waals surface area contributed by atoms with Crippen LogP contribution in [0.1, 0.15) is 24.4 Å². The average Bonchev–Trinajstić information content (AvgIpc) is 3.26. The maximum atomic E-state index is 13.4. The molecule has 1 N–H and O–H groups in total. The molecular formula is C15H21FN2O. The summed E-state index contributed by atoms with van der Waals surface area (Å²) in [6.45, 7) is 4.18. The van der Waals surface area contributed by atoms with Gasteiger partial charge in [-0.25, -0.2) is 4.39 Å². The highest BCUT2D eigenvalue weighted by Gasteiger charge is 2.38. The Labute approximate surface area is 113 Å². The van der Waals surface area contributed by atoms with Gasteiger partial charge in [0.05, 0.1) is 7.11 Å². The standard InChI is InChI=1S/C15H21FN2O/c1-19-14-10-12(16)4-5-13(14)15(11-2-3-11)18-8-6-17-7-9-18/h4-5,10-11,15,17H,2-3,6-9H2,1H3/t15-/m0/s1. The number of benzene rings is 1. The van der Waals surface area contributed by atoms with Gasteiger partial charge in [0.15, 0.2) is 0 Å². The second-order valence-electron chi connectivity index (χ2n) is 5.45. The Hall–Kier alpha value is -1.13. The molecule has 2 aliphatic rings. The third kappa shape index (κ3) is 2.74. The molecule has 1 aliphatic heterocycles. The van der Waals surface area contributed by atoms with E-state index < -0.39 is 0 Å². The van der Waals surface area contributed by atoms with E-state index in [1.807, 2.05) is 6.07 Å². The summed E-state index contributed by atoms with van der Waals surface area (Å²) in [5, 5.41) is 3.39. The fraction of sp³-hybridized carbons (Fsp3) is 0.600. The first-order chi connectivity index (χ1) is 9.29. The van der Waals surface area contributed by atoms with Crippen molar-refractivity contribution < 1.29 is 9.13 Å². The van der Waals surface area contributed by atoms with Crippen molar-refractivity contribution in [3.63, 3.8) is 0 Å². The molecule has 1 aromatic rings. The minimum atomic E-state index is -0.226. The molecule has 0 unspecified atom stereocenters. The Morgan fingerprint density at radius 2 is 2.05 bits per heavy atom. The number of nitrogens with one attached hydrogen (secondary N) is 1. The molecule has 3 nitrogen and oxygen atoms in total. The van der Waals surface area contributed by atoms with Gasteiger partial charge in [-0.1, -0.05) is 6.07 Å². The lowest BCUT2D eigenvalue weighted by molar-refractivity contribution is 0.153. The third-order valence-corrected chi connectivity index (χ3v) is 4.13. The van der Waals surface area contributed by atoms with Gasteiger partial charge in [0, 0.05) is 43.9 Å². The Bertz CT molecular complexity index is 442. The summed E-state index contributed by atoms with van der Waals surface area (Å²) >= 11 is 0. The number of ether oxygens (including phenoxy) is 1. The molecule has 19 heavy (non-hydrogen) atoms. The molecule has 3 rings (SSSR count).